The molecular formula is C15H11ClF2O2. The molecule has 0 aliphatic carbocycles. The van der Waals surface area contributed by atoms with Crippen LogP contribution in [0.25, 0.3) is 0 Å². The number of ketones is 1. The van der Waals surface area contributed by atoms with E-state index in [9.17, 15) is 13.6 Å². The minimum atomic E-state index is -0.691. The largest absolute Gasteiger partial charge is 0.497 e. The molecule has 0 bridgehead atoms. The highest BCUT2D eigenvalue weighted by molar-refractivity contribution is 6.30. The van der Waals surface area contributed by atoms with Crippen molar-refractivity contribution >= 4 is 17.4 Å². The third-order valence-electron chi connectivity index (χ3n) is 2.84. The van der Waals surface area contributed by atoms with E-state index >= 15 is 0 Å². The van der Waals surface area contributed by atoms with Crippen LogP contribution in [-0.2, 0) is 6.42 Å². The molecule has 2 rings (SSSR count). The molecule has 2 aromatic rings. The van der Waals surface area contributed by atoms with Gasteiger partial charge in [-0.25, -0.2) is 8.78 Å². The Morgan fingerprint density at radius 1 is 1.15 bits per heavy atom. The van der Waals surface area contributed by atoms with Crippen molar-refractivity contribution in [2.45, 2.75) is 6.42 Å². The third kappa shape index (κ3) is 3.14. The smallest absolute Gasteiger partial charge is 0.170 e. The van der Waals surface area contributed by atoms with E-state index in [-0.39, 0.29) is 22.6 Å². The van der Waals surface area contributed by atoms with E-state index in [0.29, 0.717) is 5.75 Å². The maximum absolute atomic E-state index is 13.7. The van der Waals surface area contributed by atoms with Crippen molar-refractivity contribution in [3.8, 4) is 5.75 Å². The number of carbonyl (C=O) groups is 1. The summed E-state index contributed by atoms with van der Waals surface area (Å²) < 4.78 is 32.2. The van der Waals surface area contributed by atoms with Crippen LogP contribution in [0.15, 0.2) is 36.4 Å². The molecule has 0 aliphatic rings. The van der Waals surface area contributed by atoms with Crippen LogP contribution >= 0.6 is 11.6 Å². The van der Waals surface area contributed by atoms with Crippen molar-refractivity contribution in [1.82, 2.24) is 0 Å². The van der Waals surface area contributed by atoms with Gasteiger partial charge in [0.15, 0.2) is 5.78 Å². The van der Waals surface area contributed by atoms with Crippen molar-refractivity contribution in [2.75, 3.05) is 7.11 Å². The van der Waals surface area contributed by atoms with Crippen molar-refractivity contribution in [3.05, 3.63) is 64.2 Å². The first kappa shape index (κ1) is 14.5. The first-order valence-corrected chi connectivity index (χ1v) is 6.19. The lowest BCUT2D eigenvalue weighted by Gasteiger charge is -2.06. The number of carbonyl (C=O) groups excluding carboxylic acids is 1. The van der Waals surface area contributed by atoms with Crippen molar-refractivity contribution < 1.29 is 18.3 Å². The summed E-state index contributed by atoms with van der Waals surface area (Å²) in [4.78, 5) is 12.0. The summed E-state index contributed by atoms with van der Waals surface area (Å²) in [6.45, 7) is 0. The van der Waals surface area contributed by atoms with Gasteiger partial charge in [-0.1, -0.05) is 17.7 Å². The lowest BCUT2D eigenvalue weighted by molar-refractivity contribution is 0.0988. The first-order valence-electron chi connectivity index (χ1n) is 5.82. The molecule has 0 fully saturated rings. The fourth-order valence-electron chi connectivity index (χ4n) is 1.78. The molecular weight excluding hydrogens is 286 g/mol. The molecule has 0 radical (unpaired) electrons. The van der Waals surface area contributed by atoms with Crippen LogP contribution in [-0.4, -0.2) is 12.9 Å². The first-order chi connectivity index (χ1) is 9.51. The van der Waals surface area contributed by atoms with E-state index in [4.69, 9.17) is 16.3 Å². The molecule has 0 saturated carbocycles. The van der Waals surface area contributed by atoms with Gasteiger partial charge in [0.2, 0.25) is 0 Å². The molecule has 2 aromatic carbocycles. The normalized spacial score (nSPS) is 10.4. The Morgan fingerprint density at radius 3 is 2.50 bits per heavy atom. The lowest BCUT2D eigenvalue weighted by Crippen LogP contribution is -2.07. The van der Waals surface area contributed by atoms with E-state index in [1.54, 1.807) is 0 Å². The molecule has 0 N–H and O–H groups in total. The van der Waals surface area contributed by atoms with Crippen LogP contribution < -0.4 is 4.74 Å². The summed E-state index contributed by atoms with van der Waals surface area (Å²) in [5.41, 5.74) is 0.0785. The Balaban J connectivity index is 2.24. The fourth-order valence-corrected chi connectivity index (χ4v) is 1.94. The minimum absolute atomic E-state index is 0.0971. The summed E-state index contributed by atoms with van der Waals surface area (Å²) in [6.07, 6.45) is -0.230. The van der Waals surface area contributed by atoms with E-state index in [0.717, 1.165) is 12.1 Å². The second-order valence-corrected chi connectivity index (χ2v) is 4.62. The Labute approximate surface area is 119 Å². The highest BCUT2D eigenvalue weighted by Crippen LogP contribution is 2.20. The van der Waals surface area contributed by atoms with E-state index in [1.807, 2.05) is 0 Å². The number of benzene rings is 2. The van der Waals surface area contributed by atoms with Gasteiger partial charge in [0.1, 0.15) is 17.4 Å². The highest BCUT2D eigenvalue weighted by atomic mass is 35.5. The number of rotatable bonds is 4. The van der Waals surface area contributed by atoms with Crippen LogP contribution in [0.5, 0.6) is 5.75 Å². The van der Waals surface area contributed by atoms with E-state index in [1.165, 1.54) is 31.4 Å². The summed E-state index contributed by atoms with van der Waals surface area (Å²) in [5.74, 6) is -1.47. The fraction of sp³-hybridized carbons (Fsp3) is 0.133. The van der Waals surface area contributed by atoms with E-state index in [2.05, 4.69) is 0 Å². The maximum atomic E-state index is 13.7. The lowest BCUT2D eigenvalue weighted by atomic mass is 10.0. The van der Waals surface area contributed by atoms with Gasteiger partial charge in [-0.3, -0.25) is 4.79 Å². The Kier molecular flexibility index (Phi) is 4.35. The maximum Gasteiger partial charge on any atom is 0.170 e. The van der Waals surface area contributed by atoms with Gasteiger partial charge < -0.3 is 4.74 Å². The highest BCUT2D eigenvalue weighted by Gasteiger charge is 2.15. The summed E-state index contributed by atoms with van der Waals surface area (Å²) in [5, 5.41) is 0.245. The second-order valence-electron chi connectivity index (χ2n) is 4.18. The van der Waals surface area contributed by atoms with Gasteiger partial charge in [-0.05, 0) is 29.8 Å². The molecule has 0 aromatic heterocycles. The van der Waals surface area contributed by atoms with Crippen molar-refractivity contribution in [2.24, 2.45) is 0 Å². The van der Waals surface area contributed by atoms with Gasteiger partial charge in [-0.15, -0.1) is 0 Å². The van der Waals surface area contributed by atoms with Gasteiger partial charge in [0.25, 0.3) is 0 Å². The number of ether oxygens (including phenoxy) is 1. The Bertz CT molecular complexity index is 656. The van der Waals surface area contributed by atoms with Crippen LogP contribution in [0.3, 0.4) is 0 Å². The molecule has 0 aliphatic heterocycles. The summed E-state index contributed by atoms with van der Waals surface area (Å²) >= 11 is 5.63. The molecule has 0 saturated heterocycles. The molecule has 0 unspecified atom stereocenters. The predicted molar refractivity (Wildman–Crippen MR) is 72.4 cm³/mol. The van der Waals surface area contributed by atoms with Crippen molar-refractivity contribution in [3.63, 3.8) is 0 Å². The average molecular weight is 297 g/mol. The molecule has 0 heterocycles. The average Bonchev–Trinajstić information content (AvgIpc) is 2.41. The van der Waals surface area contributed by atoms with Crippen molar-refractivity contribution in [1.29, 1.82) is 0 Å². The quantitative estimate of drug-likeness (QED) is 0.796. The molecule has 0 atom stereocenters. The standard InChI is InChI=1S/C15H11ClF2O2/c1-20-11-4-5-12(14(18)8-11)15(19)6-9-2-3-10(16)7-13(9)17/h2-5,7-8H,6H2,1H3. The van der Waals surface area contributed by atoms with Gasteiger partial charge in [-0.2, -0.15) is 0 Å². The van der Waals surface area contributed by atoms with E-state index < -0.39 is 17.4 Å². The SMILES string of the molecule is COc1ccc(C(=O)Cc2ccc(Cl)cc2F)c(F)c1. The molecule has 0 amide bonds. The number of halogens is 3. The molecule has 2 nitrogen and oxygen atoms in total. The third-order valence-corrected chi connectivity index (χ3v) is 3.08. The predicted octanol–water partition coefficient (Wildman–Crippen LogP) is 4.05. The van der Waals surface area contributed by atoms with Gasteiger partial charge in [0, 0.05) is 17.5 Å². The number of methoxy groups -OCH3 is 1. The van der Waals surface area contributed by atoms with Gasteiger partial charge >= 0.3 is 0 Å². The summed E-state index contributed by atoms with van der Waals surface area (Å²) in [7, 11) is 1.40. The number of Topliss-reactive ketones (excluding diaryl/α,β-unsaturated/α-hetero) is 1. The van der Waals surface area contributed by atoms with Crippen LogP contribution in [0, 0.1) is 11.6 Å². The molecule has 20 heavy (non-hydrogen) atoms. The monoisotopic (exact) mass is 296 g/mol. The van der Waals surface area contributed by atoms with Gasteiger partial charge in [0.05, 0.1) is 12.7 Å². The number of hydrogen-bond donors (Lipinski definition) is 0. The van der Waals surface area contributed by atoms with Crippen LogP contribution in [0.4, 0.5) is 8.78 Å². The summed E-state index contributed by atoms with van der Waals surface area (Å²) in [6, 6.07) is 7.94. The zero-order chi connectivity index (χ0) is 14.7. The molecule has 0 spiro atoms. The second kappa shape index (κ2) is 6.01. The Hall–Kier alpha value is -1.94. The zero-order valence-electron chi connectivity index (χ0n) is 10.6. The molecule has 104 valence electrons. The van der Waals surface area contributed by atoms with Crippen LogP contribution in [0.2, 0.25) is 5.02 Å². The molecule has 5 heteroatoms. The van der Waals surface area contributed by atoms with Crippen LogP contribution in [0.1, 0.15) is 15.9 Å². The zero-order valence-corrected chi connectivity index (χ0v) is 11.4. The minimum Gasteiger partial charge on any atom is -0.497 e. The Morgan fingerprint density at radius 2 is 1.90 bits per heavy atom. The topological polar surface area (TPSA) is 26.3 Å². The number of hydrogen-bond acceptors (Lipinski definition) is 2.